The molecule has 1 fully saturated rings. The molecule has 1 aliphatic heterocycles. The number of rotatable bonds is 5. The first-order valence-corrected chi connectivity index (χ1v) is 10.4. The van der Waals surface area contributed by atoms with E-state index in [9.17, 15) is 9.59 Å². The molecular formula is C20H23N5O2S. The van der Waals surface area contributed by atoms with Crippen molar-refractivity contribution >= 4 is 32.7 Å². The minimum Gasteiger partial charge on any atom is -0.348 e. The smallest absolute Gasteiger partial charge is 0.273 e. The first-order valence-electron chi connectivity index (χ1n) is 9.57. The molecule has 7 nitrogen and oxygen atoms in total. The van der Waals surface area contributed by atoms with Gasteiger partial charge in [0.15, 0.2) is 10.8 Å². The minimum atomic E-state index is -0.222. The highest BCUT2D eigenvalue weighted by molar-refractivity contribution is 7.22. The molecule has 146 valence electrons. The van der Waals surface area contributed by atoms with Gasteiger partial charge < -0.3 is 10.2 Å². The molecule has 0 radical (unpaired) electrons. The standard InChI is InChI=1S/C20H23N5O2S/c1-14(15-8-4-2-5-9-15)22-16(26)12-25-13-21-18-17(19(25)27)28-20(23-18)24-10-6-3-7-11-24/h2,4-5,8-9,13-14H,3,6-7,10-12H2,1H3,(H,22,26). The Morgan fingerprint density at radius 3 is 2.71 bits per heavy atom. The fraction of sp³-hybridized carbons (Fsp3) is 0.400. The van der Waals surface area contributed by atoms with E-state index in [4.69, 9.17) is 0 Å². The summed E-state index contributed by atoms with van der Waals surface area (Å²) in [6.45, 7) is 3.79. The number of hydrogen-bond donors (Lipinski definition) is 1. The zero-order valence-electron chi connectivity index (χ0n) is 15.8. The summed E-state index contributed by atoms with van der Waals surface area (Å²) in [7, 11) is 0. The number of carbonyl (C=O) groups is 1. The lowest BCUT2D eigenvalue weighted by molar-refractivity contribution is -0.122. The first kappa shape index (κ1) is 18.6. The quantitative estimate of drug-likeness (QED) is 0.716. The second-order valence-corrected chi connectivity index (χ2v) is 8.05. The molecule has 4 rings (SSSR count). The molecule has 3 heterocycles. The molecule has 0 spiro atoms. The fourth-order valence-electron chi connectivity index (χ4n) is 3.44. The van der Waals surface area contributed by atoms with E-state index in [0.717, 1.165) is 36.6 Å². The van der Waals surface area contributed by atoms with E-state index < -0.39 is 0 Å². The Labute approximate surface area is 167 Å². The van der Waals surface area contributed by atoms with Gasteiger partial charge in [-0.3, -0.25) is 14.2 Å². The molecule has 8 heteroatoms. The van der Waals surface area contributed by atoms with E-state index in [0.29, 0.717) is 10.3 Å². The zero-order valence-corrected chi connectivity index (χ0v) is 16.6. The van der Waals surface area contributed by atoms with Gasteiger partial charge in [0, 0.05) is 13.1 Å². The maximum Gasteiger partial charge on any atom is 0.273 e. The van der Waals surface area contributed by atoms with Crippen molar-refractivity contribution in [1.29, 1.82) is 0 Å². The number of aromatic nitrogens is 3. The van der Waals surface area contributed by atoms with Gasteiger partial charge in [0.1, 0.15) is 17.6 Å². The van der Waals surface area contributed by atoms with Crippen LogP contribution in [0.2, 0.25) is 0 Å². The number of thiazole rings is 1. The summed E-state index contributed by atoms with van der Waals surface area (Å²) in [5.74, 6) is -0.222. The molecule has 1 unspecified atom stereocenters. The van der Waals surface area contributed by atoms with Crippen molar-refractivity contribution in [3.63, 3.8) is 0 Å². The molecule has 1 amide bonds. The van der Waals surface area contributed by atoms with Crippen molar-refractivity contribution in [2.24, 2.45) is 0 Å². The van der Waals surface area contributed by atoms with Crippen LogP contribution in [0.3, 0.4) is 0 Å². The lowest BCUT2D eigenvalue weighted by atomic mass is 10.1. The predicted octanol–water partition coefficient (Wildman–Crippen LogP) is 2.72. The second kappa shape index (κ2) is 8.10. The van der Waals surface area contributed by atoms with E-state index in [2.05, 4.69) is 20.2 Å². The summed E-state index contributed by atoms with van der Waals surface area (Å²) in [5.41, 5.74) is 1.27. The van der Waals surface area contributed by atoms with E-state index in [-0.39, 0.29) is 24.1 Å². The van der Waals surface area contributed by atoms with Gasteiger partial charge in [-0.25, -0.2) is 4.98 Å². The van der Waals surface area contributed by atoms with E-state index in [1.54, 1.807) is 0 Å². The van der Waals surface area contributed by atoms with Crippen LogP contribution in [0.25, 0.3) is 10.3 Å². The fourth-order valence-corrected chi connectivity index (χ4v) is 4.46. The predicted molar refractivity (Wildman–Crippen MR) is 111 cm³/mol. The van der Waals surface area contributed by atoms with Crippen LogP contribution in [0.15, 0.2) is 41.5 Å². The van der Waals surface area contributed by atoms with Gasteiger partial charge in [0.2, 0.25) is 5.91 Å². The lowest BCUT2D eigenvalue weighted by Gasteiger charge is -2.25. The van der Waals surface area contributed by atoms with Gasteiger partial charge in [-0.15, -0.1) is 0 Å². The Bertz CT molecular complexity index is 1020. The lowest BCUT2D eigenvalue weighted by Crippen LogP contribution is -2.33. The number of carbonyl (C=O) groups excluding carboxylic acids is 1. The zero-order chi connectivity index (χ0) is 19.5. The number of fused-ring (bicyclic) bond motifs is 1. The third kappa shape index (κ3) is 3.91. The second-order valence-electron chi connectivity index (χ2n) is 7.07. The SMILES string of the molecule is CC(NC(=O)Cn1cnc2nc(N3CCCCC3)sc2c1=O)c1ccccc1. The van der Waals surface area contributed by atoms with E-state index in [1.165, 1.54) is 28.7 Å². The van der Waals surface area contributed by atoms with Crippen LogP contribution < -0.4 is 15.8 Å². The van der Waals surface area contributed by atoms with Gasteiger partial charge in [-0.1, -0.05) is 41.7 Å². The van der Waals surface area contributed by atoms with Crippen molar-refractivity contribution in [2.45, 2.75) is 38.8 Å². The van der Waals surface area contributed by atoms with Crippen molar-refractivity contribution in [2.75, 3.05) is 18.0 Å². The van der Waals surface area contributed by atoms with Gasteiger partial charge in [0.25, 0.3) is 5.56 Å². The van der Waals surface area contributed by atoms with Crippen molar-refractivity contribution in [3.05, 3.63) is 52.6 Å². The van der Waals surface area contributed by atoms with Gasteiger partial charge >= 0.3 is 0 Å². The molecule has 1 saturated heterocycles. The van der Waals surface area contributed by atoms with Crippen LogP contribution in [-0.2, 0) is 11.3 Å². The Balaban J connectivity index is 1.50. The Morgan fingerprint density at radius 1 is 1.21 bits per heavy atom. The Kier molecular flexibility index (Phi) is 5.38. The van der Waals surface area contributed by atoms with Gasteiger partial charge in [-0.2, -0.15) is 4.98 Å². The van der Waals surface area contributed by atoms with Crippen molar-refractivity contribution < 1.29 is 4.79 Å². The number of amides is 1. The monoisotopic (exact) mass is 397 g/mol. The molecule has 0 aliphatic carbocycles. The molecule has 1 aromatic carbocycles. The molecule has 0 bridgehead atoms. The van der Waals surface area contributed by atoms with Crippen LogP contribution in [-0.4, -0.2) is 33.5 Å². The van der Waals surface area contributed by atoms with E-state index in [1.807, 2.05) is 37.3 Å². The van der Waals surface area contributed by atoms with Crippen LogP contribution >= 0.6 is 11.3 Å². The van der Waals surface area contributed by atoms with E-state index >= 15 is 0 Å². The summed E-state index contributed by atoms with van der Waals surface area (Å²) in [5, 5.41) is 3.78. The van der Waals surface area contributed by atoms with Crippen LogP contribution in [0, 0.1) is 0 Å². The maximum absolute atomic E-state index is 12.8. The van der Waals surface area contributed by atoms with Crippen molar-refractivity contribution in [3.8, 4) is 0 Å². The first-order chi connectivity index (χ1) is 13.6. The molecule has 1 aliphatic rings. The highest BCUT2D eigenvalue weighted by Gasteiger charge is 2.18. The average Bonchev–Trinajstić information content (AvgIpc) is 3.17. The molecule has 2 aromatic heterocycles. The van der Waals surface area contributed by atoms with Crippen LogP contribution in [0.1, 0.15) is 37.8 Å². The summed E-state index contributed by atoms with van der Waals surface area (Å²) < 4.78 is 1.86. The van der Waals surface area contributed by atoms with Gasteiger partial charge in [-0.05, 0) is 31.7 Å². The number of hydrogen-bond acceptors (Lipinski definition) is 6. The highest BCUT2D eigenvalue weighted by atomic mass is 32.1. The summed E-state index contributed by atoms with van der Waals surface area (Å²) in [6, 6.07) is 9.60. The average molecular weight is 398 g/mol. The molecule has 28 heavy (non-hydrogen) atoms. The van der Waals surface area contributed by atoms with Crippen molar-refractivity contribution in [1.82, 2.24) is 19.9 Å². The summed E-state index contributed by atoms with van der Waals surface area (Å²) in [4.78, 5) is 36.3. The Morgan fingerprint density at radius 2 is 1.96 bits per heavy atom. The maximum atomic E-state index is 12.8. The minimum absolute atomic E-state index is 0.0596. The number of piperidine rings is 1. The van der Waals surface area contributed by atoms with Gasteiger partial charge in [0.05, 0.1) is 6.04 Å². The topological polar surface area (TPSA) is 80.1 Å². The number of benzene rings is 1. The molecule has 1 atom stereocenters. The normalized spacial score (nSPS) is 15.5. The molecule has 3 aromatic rings. The molecule has 0 saturated carbocycles. The highest BCUT2D eigenvalue weighted by Crippen LogP contribution is 2.27. The van der Waals surface area contributed by atoms with Crippen LogP contribution in [0.4, 0.5) is 5.13 Å². The third-order valence-electron chi connectivity index (χ3n) is 4.99. The number of nitrogens with zero attached hydrogens (tertiary/aromatic N) is 4. The largest absolute Gasteiger partial charge is 0.348 e. The molecular weight excluding hydrogens is 374 g/mol. The third-order valence-corrected chi connectivity index (χ3v) is 6.08. The number of nitrogens with one attached hydrogen (secondary N) is 1. The summed E-state index contributed by atoms with van der Waals surface area (Å²) in [6.07, 6.45) is 4.95. The molecule has 1 N–H and O–H groups in total. The van der Waals surface area contributed by atoms with Crippen LogP contribution in [0.5, 0.6) is 0 Å². The summed E-state index contributed by atoms with van der Waals surface area (Å²) >= 11 is 1.37. The Hall–Kier alpha value is -2.74. The number of anilines is 1.